The molecule has 0 fully saturated rings. The lowest BCUT2D eigenvalue weighted by molar-refractivity contribution is -0.115. The quantitative estimate of drug-likeness (QED) is 0.904. The Kier molecular flexibility index (Phi) is 4.77. The first kappa shape index (κ1) is 15.3. The molecule has 0 atom stereocenters. The number of carboxylic acids is 1. The van der Waals surface area contributed by atoms with Crippen molar-refractivity contribution >= 4 is 40.8 Å². The number of aromatic carboxylic acids is 1. The third kappa shape index (κ3) is 4.18. The van der Waals surface area contributed by atoms with Crippen LogP contribution in [-0.4, -0.2) is 22.0 Å². The molecule has 0 saturated heterocycles. The molecular weight excluding hydrogens is 315 g/mol. The van der Waals surface area contributed by atoms with E-state index < -0.39 is 5.97 Å². The minimum atomic E-state index is -1.12. The molecule has 0 aliphatic heterocycles. The van der Waals surface area contributed by atoms with Crippen LogP contribution in [0.15, 0.2) is 36.5 Å². The van der Waals surface area contributed by atoms with Crippen LogP contribution in [0.1, 0.15) is 16.1 Å². The molecule has 7 heteroatoms. The first-order chi connectivity index (χ1) is 9.95. The van der Waals surface area contributed by atoms with Crippen LogP contribution in [0.4, 0.5) is 5.69 Å². The summed E-state index contributed by atoms with van der Waals surface area (Å²) in [6.45, 7) is 0. The average Bonchev–Trinajstić information content (AvgIpc) is 2.43. The second-order valence-electron chi connectivity index (χ2n) is 4.21. The third-order valence-corrected chi connectivity index (χ3v) is 3.35. The molecule has 0 saturated carbocycles. The molecule has 1 amide bonds. The van der Waals surface area contributed by atoms with Crippen LogP contribution in [0.2, 0.25) is 10.0 Å². The van der Waals surface area contributed by atoms with Crippen LogP contribution < -0.4 is 5.32 Å². The van der Waals surface area contributed by atoms with Crippen molar-refractivity contribution in [1.82, 2.24) is 4.98 Å². The van der Waals surface area contributed by atoms with E-state index in [0.717, 1.165) is 5.56 Å². The van der Waals surface area contributed by atoms with E-state index in [1.807, 2.05) is 0 Å². The standard InChI is InChI=1S/C14H10Cl2N2O3/c15-10-3-1-8(5-11(10)16)6-13(19)18-9-2-4-12(14(20)21)17-7-9/h1-5,7H,6H2,(H,18,19)(H,20,21). The van der Waals surface area contributed by atoms with Crippen molar-refractivity contribution in [3.8, 4) is 0 Å². The van der Waals surface area contributed by atoms with E-state index >= 15 is 0 Å². The average molecular weight is 325 g/mol. The van der Waals surface area contributed by atoms with Crippen LogP contribution >= 0.6 is 23.2 Å². The van der Waals surface area contributed by atoms with E-state index in [1.165, 1.54) is 18.3 Å². The van der Waals surface area contributed by atoms with Crippen molar-refractivity contribution in [2.75, 3.05) is 5.32 Å². The Hall–Kier alpha value is -2.11. The molecule has 0 spiro atoms. The number of nitrogens with one attached hydrogen (secondary N) is 1. The third-order valence-electron chi connectivity index (χ3n) is 2.62. The number of carbonyl (C=O) groups excluding carboxylic acids is 1. The molecule has 2 rings (SSSR count). The first-order valence-corrected chi connectivity index (χ1v) is 6.64. The summed E-state index contributed by atoms with van der Waals surface area (Å²) in [5.74, 6) is -1.39. The zero-order chi connectivity index (χ0) is 15.4. The minimum absolute atomic E-state index is 0.0857. The molecule has 0 aliphatic carbocycles. The van der Waals surface area contributed by atoms with Crippen LogP contribution in [0.3, 0.4) is 0 Å². The highest BCUT2D eigenvalue weighted by Gasteiger charge is 2.08. The second-order valence-corrected chi connectivity index (χ2v) is 5.03. The molecule has 21 heavy (non-hydrogen) atoms. The summed E-state index contributed by atoms with van der Waals surface area (Å²) in [5.41, 5.74) is 1.06. The molecule has 0 unspecified atom stereocenters. The van der Waals surface area contributed by atoms with Gasteiger partial charge in [0.1, 0.15) is 5.69 Å². The highest BCUT2D eigenvalue weighted by molar-refractivity contribution is 6.42. The fraction of sp³-hybridized carbons (Fsp3) is 0.0714. The lowest BCUT2D eigenvalue weighted by atomic mass is 10.1. The fourth-order valence-corrected chi connectivity index (χ4v) is 1.96. The van der Waals surface area contributed by atoms with Gasteiger partial charge >= 0.3 is 5.97 Å². The summed E-state index contributed by atoms with van der Waals surface area (Å²) in [5, 5.41) is 12.2. The maximum atomic E-state index is 11.9. The van der Waals surface area contributed by atoms with E-state index in [2.05, 4.69) is 10.3 Å². The van der Waals surface area contributed by atoms with E-state index in [0.29, 0.717) is 15.7 Å². The summed E-state index contributed by atoms with van der Waals surface area (Å²) in [6.07, 6.45) is 1.41. The first-order valence-electron chi connectivity index (χ1n) is 5.89. The Bertz CT molecular complexity index is 687. The van der Waals surface area contributed by atoms with E-state index in [1.54, 1.807) is 18.2 Å². The Labute approximate surface area is 130 Å². The molecule has 0 aliphatic rings. The Morgan fingerprint density at radius 1 is 1.14 bits per heavy atom. The van der Waals surface area contributed by atoms with Crippen molar-refractivity contribution in [3.05, 3.63) is 57.8 Å². The maximum Gasteiger partial charge on any atom is 0.354 e. The fourth-order valence-electron chi connectivity index (χ4n) is 1.63. The van der Waals surface area contributed by atoms with Gasteiger partial charge in [0.05, 0.1) is 28.4 Å². The highest BCUT2D eigenvalue weighted by Crippen LogP contribution is 2.22. The van der Waals surface area contributed by atoms with Gasteiger partial charge in [-0.1, -0.05) is 29.3 Å². The molecule has 0 radical (unpaired) electrons. The number of hydrogen-bond acceptors (Lipinski definition) is 3. The summed E-state index contributed by atoms with van der Waals surface area (Å²) in [7, 11) is 0. The van der Waals surface area contributed by atoms with Crippen LogP contribution in [0, 0.1) is 0 Å². The van der Waals surface area contributed by atoms with Crippen LogP contribution in [-0.2, 0) is 11.2 Å². The van der Waals surface area contributed by atoms with E-state index in [-0.39, 0.29) is 18.0 Å². The SMILES string of the molecule is O=C(Cc1ccc(Cl)c(Cl)c1)Nc1ccc(C(=O)O)nc1. The number of aromatic nitrogens is 1. The lowest BCUT2D eigenvalue weighted by Crippen LogP contribution is -2.14. The van der Waals surface area contributed by atoms with Gasteiger partial charge in [0.25, 0.3) is 0 Å². The number of carboxylic acid groups (broad SMARTS) is 1. The number of carbonyl (C=O) groups is 2. The number of benzene rings is 1. The zero-order valence-electron chi connectivity index (χ0n) is 10.6. The monoisotopic (exact) mass is 324 g/mol. The molecule has 1 aromatic carbocycles. The van der Waals surface area contributed by atoms with Crippen molar-refractivity contribution in [2.45, 2.75) is 6.42 Å². The Morgan fingerprint density at radius 3 is 2.48 bits per heavy atom. The predicted octanol–water partition coefficient (Wildman–Crippen LogP) is 3.27. The van der Waals surface area contributed by atoms with Gasteiger partial charge in [-0.3, -0.25) is 4.79 Å². The zero-order valence-corrected chi connectivity index (χ0v) is 12.1. The van der Waals surface area contributed by atoms with Crippen molar-refractivity contribution < 1.29 is 14.7 Å². The number of nitrogens with zero attached hydrogens (tertiary/aromatic N) is 1. The Balaban J connectivity index is 2.01. The molecule has 0 bridgehead atoms. The maximum absolute atomic E-state index is 11.9. The van der Waals surface area contributed by atoms with Gasteiger partial charge in [0, 0.05) is 0 Å². The van der Waals surface area contributed by atoms with Crippen LogP contribution in [0.25, 0.3) is 0 Å². The van der Waals surface area contributed by atoms with Gasteiger partial charge in [0.2, 0.25) is 5.91 Å². The number of amides is 1. The normalized spacial score (nSPS) is 10.2. The molecule has 108 valence electrons. The summed E-state index contributed by atoms with van der Waals surface area (Å²) in [4.78, 5) is 26.2. The van der Waals surface area contributed by atoms with Crippen molar-refractivity contribution in [3.63, 3.8) is 0 Å². The van der Waals surface area contributed by atoms with Gasteiger partial charge in [-0.05, 0) is 29.8 Å². The molecule has 2 N–H and O–H groups in total. The minimum Gasteiger partial charge on any atom is -0.477 e. The predicted molar refractivity (Wildman–Crippen MR) is 80.0 cm³/mol. The van der Waals surface area contributed by atoms with Gasteiger partial charge in [0.15, 0.2) is 0 Å². The molecule has 1 heterocycles. The van der Waals surface area contributed by atoms with Crippen LogP contribution in [0.5, 0.6) is 0 Å². The van der Waals surface area contributed by atoms with Gasteiger partial charge in [-0.15, -0.1) is 0 Å². The number of halogens is 2. The lowest BCUT2D eigenvalue weighted by Gasteiger charge is -2.06. The van der Waals surface area contributed by atoms with Crippen molar-refractivity contribution in [1.29, 1.82) is 0 Å². The highest BCUT2D eigenvalue weighted by atomic mass is 35.5. The van der Waals surface area contributed by atoms with Gasteiger partial charge < -0.3 is 10.4 Å². The van der Waals surface area contributed by atoms with E-state index in [4.69, 9.17) is 28.3 Å². The number of rotatable bonds is 4. The van der Waals surface area contributed by atoms with Gasteiger partial charge in [-0.2, -0.15) is 0 Å². The Morgan fingerprint density at radius 2 is 1.90 bits per heavy atom. The molecular formula is C14H10Cl2N2O3. The second kappa shape index (κ2) is 6.56. The van der Waals surface area contributed by atoms with Crippen molar-refractivity contribution in [2.24, 2.45) is 0 Å². The molecule has 2 aromatic rings. The summed E-state index contributed by atoms with van der Waals surface area (Å²) in [6, 6.07) is 7.74. The number of pyridine rings is 1. The number of anilines is 1. The largest absolute Gasteiger partial charge is 0.477 e. The summed E-state index contributed by atoms with van der Waals surface area (Å²) >= 11 is 11.7. The molecule has 1 aromatic heterocycles. The van der Waals surface area contributed by atoms with Gasteiger partial charge in [-0.25, -0.2) is 9.78 Å². The smallest absolute Gasteiger partial charge is 0.354 e. The number of hydrogen-bond donors (Lipinski definition) is 2. The molecule has 5 nitrogen and oxygen atoms in total. The topological polar surface area (TPSA) is 79.3 Å². The summed E-state index contributed by atoms with van der Waals surface area (Å²) < 4.78 is 0. The van der Waals surface area contributed by atoms with E-state index in [9.17, 15) is 9.59 Å².